The summed E-state index contributed by atoms with van der Waals surface area (Å²) >= 11 is 0. The molecule has 2 aromatic rings. The molecule has 0 radical (unpaired) electrons. The van der Waals surface area contributed by atoms with E-state index in [1.807, 2.05) is 0 Å². The molecule has 2 N–H and O–H groups in total. The molecule has 1 aromatic heterocycles. The SMILES string of the molecule is O=C(Nc1ccc2c(c1)OCCO2)c1cnc[nH]c1=O. The van der Waals surface area contributed by atoms with E-state index in [-0.39, 0.29) is 5.56 Å². The summed E-state index contributed by atoms with van der Waals surface area (Å²) in [4.78, 5) is 29.5. The molecule has 20 heavy (non-hydrogen) atoms. The minimum Gasteiger partial charge on any atom is -0.486 e. The fourth-order valence-corrected chi connectivity index (χ4v) is 1.83. The number of hydrogen-bond acceptors (Lipinski definition) is 5. The Labute approximate surface area is 113 Å². The summed E-state index contributed by atoms with van der Waals surface area (Å²) in [5, 5.41) is 2.61. The predicted octanol–water partition coefficient (Wildman–Crippen LogP) is 0.793. The molecule has 102 valence electrons. The van der Waals surface area contributed by atoms with Gasteiger partial charge < -0.3 is 19.8 Å². The van der Waals surface area contributed by atoms with Gasteiger partial charge in [-0.15, -0.1) is 0 Å². The third kappa shape index (κ3) is 2.33. The van der Waals surface area contributed by atoms with Crippen LogP contribution in [0.5, 0.6) is 11.5 Å². The fraction of sp³-hybridized carbons (Fsp3) is 0.154. The zero-order valence-electron chi connectivity index (χ0n) is 10.4. The van der Waals surface area contributed by atoms with Crippen LogP contribution in [0.1, 0.15) is 10.4 Å². The number of fused-ring (bicyclic) bond motifs is 1. The Bertz CT molecular complexity index is 711. The molecule has 1 amide bonds. The van der Waals surface area contributed by atoms with Gasteiger partial charge in [-0.2, -0.15) is 0 Å². The lowest BCUT2D eigenvalue weighted by molar-refractivity contribution is 0.102. The molecular formula is C13H11N3O4. The van der Waals surface area contributed by atoms with Crippen LogP contribution in [0.2, 0.25) is 0 Å². The second-order valence-corrected chi connectivity index (χ2v) is 4.11. The first-order valence-corrected chi connectivity index (χ1v) is 5.98. The first-order chi connectivity index (χ1) is 9.74. The summed E-state index contributed by atoms with van der Waals surface area (Å²) in [5.74, 6) is 0.665. The van der Waals surface area contributed by atoms with Crippen LogP contribution in [0.3, 0.4) is 0 Å². The Morgan fingerprint density at radius 3 is 2.85 bits per heavy atom. The number of aromatic amines is 1. The number of carbonyl (C=O) groups is 1. The summed E-state index contributed by atoms with van der Waals surface area (Å²) in [6, 6.07) is 5.03. The van der Waals surface area contributed by atoms with Gasteiger partial charge in [0, 0.05) is 18.0 Å². The van der Waals surface area contributed by atoms with Crippen molar-refractivity contribution in [2.24, 2.45) is 0 Å². The largest absolute Gasteiger partial charge is 0.486 e. The van der Waals surface area contributed by atoms with Gasteiger partial charge in [0.25, 0.3) is 11.5 Å². The Morgan fingerprint density at radius 2 is 2.05 bits per heavy atom. The number of nitrogens with one attached hydrogen (secondary N) is 2. The van der Waals surface area contributed by atoms with Crippen LogP contribution in [0.15, 0.2) is 35.5 Å². The number of nitrogens with zero attached hydrogens (tertiary/aromatic N) is 1. The van der Waals surface area contributed by atoms with E-state index in [4.69, 9.17) is 9.47 Å². The molecule has 0 saturated heterocycles. The first-order valence-electron chi connectivity index (χ1n) is 5.98. The van der Waals surface area contributed by atoms with E-state index in [2.05, 4.69) is 15.3 Å². The third-order valence-corrected chi connectivity index (χ3v) is 2.76. The van der Waals surface area contributed by atoms with E-state index >= 15 is 0 Å². The van der Waals surface area contributed by atoms with E-state index in [0.29, 0.717) is 30.4 Å². The maximum absolute atomic E-state index is 12.0. The van der Waals surface area contributed by atoms with Gasteiger partial charge in [-0.3, -0.25) is 9.59 Å². The first kappa shape index (κ1) is 12.2. The molecule has 2 heterocycles. The lowest BCUT2D eigenvalue weighted by Crippen LogP contribution is -2.23. The van der Waals surface area contributed by atoms with Crippen molar-refractivity contribution in [3.63, 3.8) is 0 Å². The topological polar surface area (TPSA) is 93.3 Å². The van der Waals surface area contributed by atoms with Gasteiger partial charge in [-0.1, -0.05) is 0 Å². The van der Waals surface area contributed by atoms with Gasteiger partial charge >= 0.3 is 0 Å². The number of carbonyl (C=O) groups excluding carboxylic acids is 1. The number of benzene rings is 1. The molecule has 0 aliphatic carbocycles. The van der Waals surface area contributed by atoms with Crippen molar-refractivity contribution in [2.75, 3.05) is 18.5 Å². The lowest BCUT2D eigenvalue weighted by Gasteiger charge is -2.18. The number of amides is 1. The quantitative estimate of drug-likeness (QED) is 0.844. The van der Waals surface area contributed by atoms with Gasteiger partial charge in [-0.25, -0.2) is 4.98 Å². The van der Waals surface area contributed by atoms with Gasteiger partial charge in [0.15, 0.2) is 11.5 Å². The summed E-state index contributed by atoms with van der Waals surface area (Å²) in [5.41, 5.74) is -0.0278. The van der Waals surface area contributed by atoms with E-state index in [0.717, 1.165) is 0 Å². The van der Waals surface area contributed by atoms with Crippen molar-refractivity contribution in [1.29, 1.82) is 0 Å². The molecule has 3 rings (SSSR count). The van der Waals surface area contributed by atoms with Gasteiger partial charge in [0.2, 0.25) is 0 Å². The standard InChI is InChI=1S/C13H11N3O4/c17-12-9(6-14-7-15-12)13(18)16-8-1-2-10-11(5-8)20-4-3-19-10/h1-2,5-7H,3-4H2,(H,16,18)(H,14,15,17). The lowest BCUT2D eigenvalue weighted by atomic mass is 10.2. The average molecular weight is 273 g/mol. The van der Waals surface area contributed by atoms with E-state index in [1.165, 1.54) is 12.5 Å². The minimum absolute atomic E-state index is 0.0533. The molecule has 1 aromatic carbocycles. The summed E-state index contributed by atoms with van der Waals surface area (Å²) in [6.45, 7) is 0.969. The molecule has 0 spiro atoms. The summed E-state index contributed by atoms with van der Waals surface area (Å²) in [6.07, 6.45) is 2.44. The van der Waals surface area contributed by atoms with Crippen molar-refractivity contribution in [3.05, 3.63) is 46.6 Å². The van der Waals surface area contributed by atoms with Crippen molar-refractivity contribution < 1.29 is 14.3 Å². The molecule has 1 aliphatic heterocycles. The molecule has 7 nitrogen and oxygen atoms in total. The molecule has 0 fully saturated rings. The van der Waals surface area contributed by atoms with E-state index in [9.17, 15) is 9.59 Å². The number of hydrogen-bond donors (Lipinski definition) is 2. The van der Waals surface area contributed by atoms with Crippen molar-refractivity contribution in [2.45, 2.75) is 0 Å². The highest BCUT2D eigenvalue weighted by Gasteiger charge is 2.14. The molecule has 7 heteroatoms. The monoisotopic (exact) mass is 273 g/mol. The molecule has 1 aliphatic rings. The minimum atomic E-state index is -0.531. The van der Waals surface area contributed by atoms with E-state index in [1.54, 1.807) is 18.2 Å². The van der Waals surface area contributed by atoms with Crippen LogP contribution < -0.4 is 20.3 Å². The smallest absolute Gasteiger partial charge is 0.263 e. The predicted molar refractivity (Wildman–Crippen MR) is 70.2 cm³/mol. The third-order valence-electron chi connectivity index (χ3n) is 2.76. The number of anilines is 1. The van der Waals surface area contributed by atoms with Crippen LogP contribution in [0.4, 0.5) is 5.69 Å². The fourth-order valence-electron chi connectivity index (χ4n) is 1.83. The number of aromatic nitrogens is 2. The molecule has 0 unspecified atom stereocenters. The second kappa shape index (κ2) is 5.04. The molecule has 0 atom stereocenters. The Balaban J connectivity index is 1.83. The van der Waals surface area contributed by atoms with Gasteiger partial charge in [-0.05, 0) is 12.1 Å². The van der Waals surface area contributed by atoms with Crippen molar-refractivity contribution in [1.82, 2.24) is 9.97 Å². The molecule has 0 saturated carbocycles. The number of H-pyrrole nitrogens is 1. The van der Waals surface area contributed by atoms with Crippen molar-refractivity contribution >= 4 is 11.6 Å². The van der Waals surface area contributed by atoms with Crippen LogP contribution >= 0.6 is 0 Å². The van der Waals surface area contributed by atoms with Gasteiger partial charge in [0.1, 0.15) is 18.8 Å². The van der Waals surface area contributed by atoms with Crippen molar-refractivity contribution in [3.8, 4) is 11.5 Å². The maximum atomic E-state index is 12.0. The Kier molecular flexibility index (Phi) is 3.08. The molecular weight excluding hydrogens is 262 g/mol. The highest BCUT2D eigenvalue weighted by molar-refractivity contribution is 6.03. The number of ether oxygens (including phenoxy) is 2. The number of rotatable bonds is 2. The van der Waals surface area contributed by atoms with Crippen LogP contribution in [0.25, 0.3) is 0 Å². The Hall–Kier alpha value is -2.83. The highest BCUT2D eigenvalue weighted by atomic mass is 16.6. The average Bonchev–Trinajstić information content (AvgIpc) is 2.47. The summed E-state index contributed by atoms with van der Waals surface area (Å²) in [7, 11) is 0. The molecule has 0 bridgehead atoms. The zero-order chi connectivity index (χ0) is 13.9. The zero-order valence-corrected chi connectivity index (χ0v) is 10.4. The van der Waals surface area contributed by atoms with E-state index < -0.39 is 11.5 Å². The van der Waals surface area contributed by atoms with Gasteiger partial charge in [0.05, 0.1) is 6.33 Å². The second-order valence-electron chi connectivity index (χ2n) is 4.11. The Morgan fingerprint density at radius 1 is 1.25 bits per heavy atom. The highest BCUT2D eigenvalue weighted by Crippen LogP contribution is 2.32. The maximum Gasteiger partial charge on any atom is 0.263 e. The van der Waals surface area contributed by atoms with Crippen LogP contribution in [-0.2, 0) is 0 Å². The van der Waals surface area contributed by atoms with Crippen LogP contribution in [0, 0.1) is 0 Å². The van der Waals surface area contributed by atoms with Crippen LogP contribution in [-0.4, -0.2) is 29.1 Å². The normalized spacial score (nSPS) is 12.8. The summed E-state index contributed by atoms with van der Waals surface area (Å²) < 4.78 is 10.8.